The second-order valence-electron chi connectivity index (χ2n) is 5.99. The van der Waals surface area contributed by atoms with Gasteiger partial charge in [-0.1, -0.05) is 12.8 Å². The number of nitrogens with zero attached hydrogens (tertiary/aromatic N) is 3. The molecule has 0 N–H and O–H groups in total. The predicted octanol–water partition coefficient (Wildman–Crippen LogP) is 3.95. The van der Waals surface area contributed by atoms with Crippen molar-refractivity contribution in [1.82, 2.24) is 9.97 Å². The van der Waals surface area contributed by atoms with E-state index in [-0.39, 0.29) is 0 Å². The summed E-state index contributed by atoms with van der Waals surface area (Å²) < 4.78 is 0. The molecule has 4 rings (SSSR count). The average Bonchev–Trinajstić information content (AvgIpc) is 2.68. The number of hydrogen-bond donors (Lipinski definition) is 0. The number of aryl methyl sites for hydroxylation is 2. The van der Waals surface area contributed by atoms with Gasteiger partial charge in [0.15, 0.2) is 0 Å². The Kier molecular flexibility index (Phi) is 3.34. The minimum Gasteiger partial charge on any atom is -0.356 e. The highest BCUT2D eigenvalue weighted by atomic mass is 32.1. The van der Waals surface area contributed by atoms with E-state index < -0.39 is 0 Å². The van der Waals surface area contributed by atoms with Gasteiger partial charge in [-0.05, 0) is 44.1 Å². The van der Waals surface area contributed by atoms with Crippen LogP contribution in [0.15, 0.2) is 6.33 Å². The molecule has 0 bridgehead atoms. The van der Waals surface area contributed by atoms with Crippen LogP contribution < -0.4 is 4.90 Å². The maximum Gasteiger partial charge on any atom is 0.141 e. The number of hydrogen-bond acceptors (Lipinski definition) is 4. The molecule has 1 fully saturated rings. The molecule has 0 radical (unpaired) electrons. The summed E-state index contributed by atoms with van der Waals surface area (Å²) in [4.78, 5) is 14.5. The van der Waals surface area contributed by atoms with E-state index in [1.54, 1.807) is 16.8 Å². The molecule has 0 atom stereocenters. The topological polar surface area (TPSA) is 29.0 Å². The van der Waals surface area contributed by atoms with Gasteiger partial charge in [-0.15, -0.1) is 11.3 Å². The summed E-state index contributed by atoms with van der Waals surface area (Å²) >= 11 is 1.91. The van der Waals surface area contributed by atoms with Crippen molar-refractivity contribution in [3.05, 3.63) is 16.8 Å². The Hall–Kier alpha value is -1.16. The van der Waals surface area contributed by atoms with Gasteiger partial charge in [-0.25, -0.2) is 9.97 Å². The van der Waals surface area contributed by atoms with E-state index in [0.29, 0.717) is 0 Å². The Morgan fingerprint density at radius 2 is 1.70 bits per heavy atom. The number of anilines is 1. The Morgan fingerprint density at radius 3 is 2.55 bits per heavy atom. The third kappa shape index (κ3) is 2.10. The Labute approximate surface area is 124 Å². The van der Waals surface area contributed by atoms with Crippen molar-refractivity contribution in [2.24, 2.45) is 0 Å². The van der Waals surface area contributed by atoms with Crippen LogP contribution in [-0.4, -0.2) is 23.1 Å². The van der Waals surface area contributed by atoms with Gasteiger partial charge in [0.05, 0.1) is 5.39 Å². The molecular weight excluding hydrogens is 266 g/mol. The lowest BCUT2D eigenvalue weighted by Crippen LogP contribution is -2.25. The van der Waals surface area contributed by atoms with Crippen LogP contribution in [0.5, 0.6) is 0 Å². The number of thiophene rings is 1. The van der Waals surface area contributed by atoms with E-state index in [0.717, 1.165) is 13.1 Å². The zero-order valence-corrected chi connectivity index (χ0v) is 12.7. The first-order valence-corrected chi connectivity index (χ1v) is 8.75. The third-order valence-electron chi connectivity index (χ3n) is 4.64. The molecule has 1 saturated heterocycles. The zero-order valence-electron chi connectivity index (χ0n) is 11.9. The minimum absolute atomic E-state index is 1.16. The van der Waals surface area contributed by atoms with Gasteiger partial charge in [-0.3, -0.25) is 0 Å². The zero-order chi connectivity index (χ0) is 13.4. The molecular formula is C16H21N3S. The van der Waals surface area contributed by atoms with Gasteiger partial charge < -0.3 is 4.90 Å². The number of rotatable bonds is 1. The van der Waals surface area contributed by atoms with Crippen LogP contribution in [0, 0.1) is 0 Å². The minimum atomic E-state index is 1.16. The monoisotopic (exact) mass is 287 g/mol. The van der Waals surface area contributed by atoms with E-state index in [1.807, 2.05) is 11.3 Å². The van der Waals surface area contributed by atoms with E-state index >= 15 is 0 Å². The Balaban J connectivity index is 1.83. The molecule has 0 unspecified atom stereocenters. The second kappa shape index (κ2) is 5.32. The highest BCUT2D eigenvalue weighted by Crippen LogP contribution is 2.39. The first-order valence-electron chi connectivity index (χ1n) is 7.94. The Bertz CT molecular complexity index is 611. The molecule has 2 aromatic rings. The fourth-order valence-electron chi connectivity index (χ4n) is 3.60. The molecule has 0 saturated carbocycles. The smallest absolute Gasteiger partial charge is 0.141 e. The fraction of sp³-hybridized carbons (Fsp3) is 0.625. The van der Waals surface area contributed by atoms with Crippen LogP contribution in [0.3, 0.4) is 0 Å². The van der Waals surface area contributed by atoms with Crippen molar-refractivity contribution in [2.45, 2.75) is 51.4 Å². The quantitative estimate of drug-likeness (QED) is 0.795. The summed E-state index contributed by atoms with van der Waals surface area (Å²) in [6.07, 6.45) is 12.2. The van der Waals surface area contributed by atoms with Crippen molar-refractivity contribution < 1.29 is 0 Å². The molecule has 1 aliphatic carbocycles. The van der Waals surface area contributed by atoms with Crippen LogP contribution in [0.4, 0.5) is 5.82 Å². The van der Waals surface area contributed by atoms with Gasteiger partial charge in [-0.2, -0.15) is 0 Å². The first kappa shape index (κ1) is 12.6. The molecule has 1 aliphatic heterocycles. The number of fused-ring (bicyclic) bond motifs is 3. The lowest BCUT2D eigenvalue weighted by molar-refractivity contribution is 0.699. The van der Waals surface area contributed by atoms with Crippen molar-refractivity contribution in [1.29, 1.82) is 0 Å². The Morgan fingerprint density at radius 1 is 0.900 bits per heavy atom. The normalized spacial score (nSPS) is 19.9. The fourth-order valence-corrected chi connectivity index (χ4v) is 4.82. The lowest BCUT2D eigenvalue weighted by atomic mass is 9.97. The molecule has 3 heterocycles. The summed E-state index contributed by atoms with van der Waals surface area (Å²) in [6.45, 7) is 2.33. The third-order valence-corrected chi connectivity index (χ3v) is 5.84. The SMILES string of the molecule is c1nc(N2CCCCCC2)c2c3c(sc2n1)CCCC3. The summed E-state index contributed by atoms with van der Waals surface area (Å²) in [5.74, 6) is 1.22. The summed E-state index contributed by atoms with van der Waals surface area (Å²) in [6, 6.07) is 0. The summed E-state index contributed by atoms with van der Waals surface area (Å²) in [7, 11) is 0. The molecule has 3 nitrogen and oxygen atoms in total. The van der Waals surface area contributed by atoms with Crippen molar-refractivity contribution in [3.8, 4) is 0 Å². The standard InChI is InChI=1S/C16H21N3S/c1-2-6-10-19(9-5-1)15-14-12-7-3-4-8-13(12)20-16(14)18-11-17-15/h11H,1-10H2. The lowest BCUT2D eigenvalue weighted by Gasteiger charge is -2.23. The average molecular weight is 287 g/mol. The highest BCUT2D eigenvalue weighted by molar-refractivity contribution is 7.19. The van der Waals surface area contributed by atoms with Gasteiger partial charge in [0, 0.05) is 18.0 Å². The van der Waals surface area contributed by atoms with Gasteiger partial charge in [0.1, 0.15) is 17.0 Å². The van der Waals surface area contributed by atoms with Gasteiger partial charge >= 0.3 is 0 Å². The van der Waals surface area contributed by atoms with Crippen LogP contribution in [0.1, 0.15) is 49.0 Å². The van der Waals surface area contributed by atoms with Crippen molar-refractivity contribution in [2.75, 3.05) is 18.0 Å². The van der Waals surface area contributed by atoms with Crippen molar-refractivity contribution >= 4 is 27.4 Å². The maximum atomic E-state index is 4.67. The molecule has 106 valence electrons. The van der Waals surface area contributed by atoms with E-state index in [9.17, 15) is 0 Å². The summed E-state index contributed by atoms with van der Waals surface area (Å²) in [5, 5.41) is 1.38. The van der Waals surface area contributed by atoms with E-state index in [2.05, 4.69) is 14.9 Å². The van der Waals surface area contributed by atoms with Gasteiger partial charge in [0.25, 0.3) is 0 Å². The van der Waals surface area contributed by atoms with E-state index in [1.165, 1.54) is 67.4 Å². The van der Waals surface area contributed by atoms with Crippen LogP contribution >= 0.6 is 11.3 Å². The first-order chi connectivity index (χ1) is 9.93. The second-order valence-corrected chi connectivity index (χ2v) is 7.07. The largest absolute Gasteiger partial charge is 0.356 e. The van der Waals surface area contributed by atoms with Crippen LogP contribution in [-0.2, 0) is 12.8 Å². The molecule has 0 amide bonds. The molecule has 2 aliphatic rings. The molecule has 2 aromatic heterocycles. The molecule has 4 heteroatoms. The van der Waals surface area contributed by atoms with Crippen molar-refractivity contribution in [3.63, 3.8) is 0 Å². The molecule has 0 spiro atoms. The molecule has 0 aromatic carbocycles. The summed E-state index contributed by atoms with van der Waals surface area (Å²) in [5.41, 5.74) is 1.57. The highest BCUT2D eigenvalue weighted by Gasteiger charge is 2.22. The molecule has 20 heavy (non-hydrogen) atoms. The van der Waals surface area contributed by atoms with Gasteiger partial charge in [0.2, 0.25) is 0 Å². The maximum absolute atomic E-state index is 4.67. The number of aromatic nitrogens is 2. The predicted molar refractivity (Wildman–Crippen MR) is 84.7 cm³/mol. The van der Waals surface area contributed by atoms with Crippen LogP contribution in [0.25, 0.3) is 10.2 Å². The van der Waals surface area contributed by atoms with E-state index in [4.69, 9.17) is 0 Å². The van der Waals surface area contributed by atoms with Crippen LogP contribution in [0.2, 0.25) is 0 Å².